The SMILES string of the molecule is O=C(Nc1c(Cl)cc(Cl)cc1Cl)Nn1c(=O)c(=O)cc(O)c2ccccc21. The molecule has 138 valence electrons. The van der Waals surface area contributed by atoms with Crippen molar-refractivity contribution in [1.29, 1.82) is 0 Å². The van der Waals surface area contributed by atoms with E-state index in [0.717, 1.165) is 10.7 Å². The van der Waals surface area contributed by atoms with E-state index in [-0.39, 0.29) is 31.7 Å². The number of nitrogens with zero attached hydrogens (tertiary/aromatic N) is 1. The lowest BCUT2D eigenvalue weighted by Crippen LogP contribution is -2.40. The molecule has 1 aromatic heterocycles. The van der Waals surface area contributed by atoms with Crippen LogP contribution >= 0.6 is 34.8 Å². The summed E-state index contributed by atoms with van der Waals surface area (Å²) < 4.78 is 0.727. The number of urea groups is 1. The quantitative estimate of drug-likeness (QED) is 0.543. The molecule has 27 heavy (non-hydrogen) atoms. The molecule has 0 fully saturated rings. The molecule has 0 radical (unpaired) electrons. The Kier molecular flexibility index (Phi) is 5.27. The topological polar surface area (TPSA) is 100 Å². The van der Waals surface area contributed by atoms with Crippen molar-refractivity contribution in [3.05, 3.63) is 78.1 Å². The van der Waals surface area contributed by atoms with Crippen molar-refractivity contribution in [2.24, 2.45) is 0 Å². The summed E-state index contributed by atoms with van der Waals surface area (Å²) in [5.41, 5.74) is 0.372. The van der Waals surface area contributed by atoms with Crippen LogP contribution in [0.2, 0.25) is 15.1 Å². The van der Waals surface area contributed by atoms with Crippen molar-refractivity contribution in [2.45, 2.75) is 0 Å². The maximum atomic E-state index is 12.4. The molecule has 0 aliphatic rings. The van der Waals surface area contributed by atoms with E-state index in [4.69, 9.17) is 34.8 Å². The molecular weight excluding hydrogens is 417 g/mol. The zero-order valence-electron chi connectivity index (χ0n) is 13.3. The number of aromatic nitrogens is 1. The standard InChI is InChI=1S/C17H10Cl3N3O4/c18-8-5-10(19)15(11(20)6-8)21-17(27)22-23-12-4-2-1-3-9(12)13(24)7-14(25)16(23)26/h1-7,24H,(H2,21,22,27). The summed E-state index contributed by atoms with van der Waals surface area (Å²) in [6, 6.07) is 8.78. The Morgan fingerprint density at radius 2 is 1.63 bits per heavy atom. The second kappa shape index (κ2) is 7.48. The summed E-state index contributed by atoms with van der Waals surface area (Å²) in [6.45, 7) is 0. The zero-order chi connectivity index (χ0) is 19.7. The number of hydrogen-bond acceptors (Lipinski definition) is 4. The number of rotatable bonds is 2. The molecule has 10 heteroatoms. The Morgan fingerprint density at radius 3 is 2.30 bits per heavy atom. The lowest BCUT2D eigenvalue weighted by molar-refractivity contribution is 0.260. The Morgan fingerprint density at radius 1 is 1.00 bits per heavy atom. The molecule has 2 amide bonds. The molecule has 7 nitrogen and oxygen atoms in total. The number of nitrogens with one attached hydrogen (secondary N) is 2. The number of anilines is 1. The summed E-state index contributed by atoms with van der Waals surface area (Å²) in [5, 5.41) is 13.0. The van der Waals surface area contributed by atoms with Crippen molar-refractivity contribution in [3.63, 3.8) is 0 Å². The minimum absolute atomic E-state index is 0.0723. The Labute approximate surface area is 166 Å². The van der Waals surface area contributed by atoms with Gasteiger partial charge in [0.1, 0.15) is 5.75 Å². The van der Waals surface area contributed by atoms with E-state index in [0.29, 0.717) is 0 Å². The van der Waals surface area contributed by atoms with Crippen LogP contribution in [0.3, 0.4) is 0 Å². The number of carbonyl (C=O) groups is 1. The van der Waals surface area contributed by atoms with Gasteiger partial charge in [0, 0.05) is 16.5 Å². The fraction of sp³-hybridized carbons (Fsp3) is 0. The third-order valence-corrected chi connectivity index (χ3v) is 4.38. The third kappa shape index (κ3) is 3.85. The van der Waals surface area contributed by atoms with Crippen LogP contribution in [0.5, 0.6) is 5.75 Å². The van der Waals surface area contributed by atoms with Crippen LogP contribution < -0.4 is 21.7 Å². The number of carbonyl (C=O) groups excluding carboxylic acids is 1. The Hall–Kier alpha value is -2.74. The highest BCUT2D eigenvalue weighted by Crippen LogP contribution is 2.33. The van der Waals surface area contributed by atoms with Crippen molar-refractivity contribution < 1.29 is 9.90 Å². The van der Waals surface area contributed by atoms with Crippen LogP contribution in [0.1, 0.15) is 0 Å². The van der Waals surface area contributed by atoms with Crippen LogP contribution in [0, 0.1) is 0 Å². The maximum absolute atomic E-state index is 12.4. The predicted octanol–water partition coefficient (Wildman–Crippen LogP) is 3.80. The second-order valence-electron chi connectivity index (χ2n) is 5.36. The van der Waals surface area contributed by atoms with Crippen molar-refractivity contribution in [2.75, 3.05) is 10.7 Å². The lowest BCUT2D eigenvalue weighted by Gasteiger charge is -2.12. The van der Waals surface area contributed by atoms with Gasteiger partial charge in [-0.05, 0) is 24.3 Å². The summed E-state index contributed by atoms with van der Waals surface area (Å²) in [7, 11) is 0. The van der Waals surface area contributed by atoms with Gasteiger partial charge in [-0.3, -0.25) is 9.59 Å². The van der Waals surface area contributed by atoms with Gasteiger partial charge in [0.05, 0.1) is 21.2 Å². The van der Waals surface area contributed by atoms with Crippen molar-refractivity contribution in [1.82, 2.24) is 4.68 Å². The van der Waals surface area contributed by atoms with Gasteiger partial charge in [-0.25, -0.2) is 14.9 Å². The van der Waals surface area contributed by atoms with E-state index in [1.807, 2.05) is 0 Å². The molecule has 0 saturated heterocycles. The van der Waals surface area contributed by atoms with E-state index in [9.17, 15) is 19.5 Å². The smallest absolute Gasteiger partial charge is 0.338 e. The van der Waals surface area contributed by atoms with Crippen LogP contribution in [0.25, 0.3) is 10.9 Å². The highest BCUT2D eigenvalue weighted by molar-refractivity contribution is 6.42. The zero-order valence-corrected chi connectivity index (χ0v) is 15.6. The highest BCUT2D eigenvalue weighted by Gasteiger charge is 2.14. The van der Waals surface area contributed by atoms with Gasteiger partial charge in [0.25, 0.3) is 0 Å². The lowest BCUT2D eigenvalue weighted by atomic mass is 10.2. The number of amides is 2. The van der Waals surface area contributed by atoms with Crippen LogP contribution in [-0.2, 0) is 0 Å². The van der Waals surface area contributed by atoms with E-state index in [1.165, 1.54) is 24.3 Å². The molecule has 0 bridgehead atoms. The number of fused-ring (bicyclic) bond motifs is 1. The number of para-hydroxylation sites is 1. The normalized spacial score (nSPS) is 10.6. The molecule has 0 atom stereocenters. The average molecular weight is 427 g/mol. The molecule has 3 aromatic rings. The first kappa shape index (κ1) is 19.0. The minimum atomic E-state index is -1.06. The fourth-order valence-electron chi connectivity index (χ4n) is 2.38. The van der Waals surface area contributed by atoms with Gasteiger partial charge in [0.15, 0.2) is 0 Å². The van der Waals surface area contributed by atoms with E-state index < -0.39 is 22.8 Å². The third-order valence-electron chi connectivity index (χ3n) is 3.56. The van der Waals surface area contributed by atoms with Crippen molar-refractivity contribution >= 4 is 57.4 Å². The molecule has 3 N–H and O–H groups in total. The molecule has 0 unspecified atom stereocenters. The summed E-state index contributed by atoms with van der Waals surface area (Å²) >= 11 is 17.8. The van der Waals surface area contributed by atoms with E-state index in [1.54, 1.807) is 12.1 Å². The molecule has 2 aromatic carbocycles. The van der Waals surface area contributed by atoms with Gasteiger partial charge in [-0.2, -0.15) is 0 Å². The molecule has 1 heterocycles. The minimum Gasteiger partial charge on any atom is -0.507 e. The first-order valence-electron chi connectivity index (χ1n) is 7.38. The highest BCUT2D eigenvalue weighted by atomic mass is 35.5. The molecule has 0 aliphatic heterocycles. The summed E-state index contributed by atoms with van der Waals surface area (Å²) in [6.07, 6.45) is 0. The van der Waals surface area contributed by atoms with Gasteiger partial charge >= 0.3 is 11.6 Å². The summed E-state index contributed by atoms with van der Waals surface area (Å²) in [4.78, 5) is 36.6. The number of aromatic hydroxyl groups is 1. The molecule has 0 spiro atoms. The fourth-order valence-corrected chi connectivity index (χ4v) is 3.30. The molecule has 0 aliphatic carbocycles. The van der Waals surface area contributed by atoms with Crippen LogP contribution in [0.15, 0.2) is 52.1 Å². The van der Waals surface area contributed by atoms with Crippen LogP contribution in [0.4, 0.5) is 10.5 Å². The van der Waals surface area contributed by atoms with Gasteiger partial charge in [-0.1, -0.05) is 46.9 Å². The predicted molar refractivity (Wildman–Crippen MR) is 106 cm³/mol. The van der Waals surface area contributed by atoms with Gasteiger partial charge < -0.3 is 10.4 Å². The second-order valence-corrected chi connectivity index (χ2v) is 6.61. The van der Waals surface area contributed by atoms with E-state index in [2.05, 4.69) is 10.7 Å². The number of hydrogen-bond donors (Lipinski definition) is 3. The van der Waals surface area contributed by atoms with Gasteiger partial charge in [0.2, 0.25) is 5.43 Å². The molecule has 3 rings (SSSR count). The molecule has 0 saturated carbocycles. The van der Waals surface area contributed by atoms with Crippen molar-refractivity contribution in [3.8, 4) is 5.75 Å². The summed E-state index contributed by atoms with van der Waals surface area (Å²) in [5.74, 6) is -0.391. The average Bonchev–Trinajstić information content (AvgIpc) is 2.69. The number of halogens is 3. The number of benzene rings is 2. The first-order valence-corrected chi connectivity index (χ1v) is 8.52. The maximum Gasteiger partial charge on any atom is 0.338 e. The monoisotopic (exact) mass is 425 g/mol. The van der Waals surface area contributed by atoms with Crippen LogP contribution in [-0.4, -0.2) is 15.8 Å². The first-order chi connectivity index (χ1) is 12.8. The Bertz CT molecular complexity index is 1170. The van der Waals surface area contributed by atoms with Gasteiger partial charge in [-0.15, -0.1) is 0 Å². The molecular formula is C17H10Cl3N3O4. The Balaban J connectivity index is 2.07. The largest absolute Gasteiger partial charge is 0.507 e. The van der Waals surface area contributed by atoms with E-state index >= 15 is 0 Å².